The molecule has 0 aliphatic heterocycles. The third-order valence-corrected chi connectivity index (χ3v) is 9.37. The van der Waals surface area contributed by atoms with E-state index in [0.29, 0.717) is 36.6 Å². The largest absolute Gasteiger partial charge is 0.353 e. The van der Waals surface area contributed by atoms with E-state index in [9.17, 15) is 14.4 Å². The molecule has 0 aromatic carbocycles. The zero-order valence-corrected chi connectivity index (χ0v) is 23.3. The van der Waals surface area contributed by atoms with Crippen LogP contribution in [-0.4, -0.2) is 35.8 Å². The lowest BCUT2D eigenvalue weighted by Gasteiger charge is -2.33. The van der Waals surface area contributed by atoms with E-state index in [-0.39, 0.29) is 29.8 Å². The third kappa shape index (κ3) is 9.06. The number of carbonyl (C=O) groups is 3. The topological polar surface area (TPSA) is 87.3 Å². The first-order valence-corrected chi connectivity index (χ1v) is 15.2. The first-order valence-electron chi connectivity index (χ1n) is 15.2. The number of hydrogen-bond donors (Lipinski definition) is 3. The van der Waals surface area contributed by atoms with E-state index in [1.807, 2.05) is 0 Å². The molecular formula is C30H53N3O3. The van der Waals surface area contributed by atoms with Gasteiger partial charge in [-0.2, -0.15) is 0 Å². The number of unbranched alkanes of at least 4 members (excludes halogenated alkanes) is 2. The minimum absolute atomic E-state index is 0.0984. The number of nitrogens with one attached hydrogen (secondary N) is 3. The van der Waals surface area contributed by atoms with Gasteiger partial charge in [0.05, 0.1) is 0 Å². The van der Waals surface area contributed by atoms with Gasteiger partial charge in [0.2, 0.25) is 17.7 Å². The molecule has 0 heterocycles. The fraction of sp³-hybridized carbons (Fsp3) is 0.900. The van der Waals surface area contributed by atoms with Crippen molar-refractivity contribution in [2.45, 2.75) is 148 Å². The van der Waals surface area contributed by atoms with E-state index in [1.165, 1.54) is 32.1 Å². The molecule has 3 N–H and O–H groups in total. The molecule has 206 valence electrons. The van der Waals surface area contributed by atoms with Crippen molar-refractivity contribution in [1.29, 1.82) is 0 Å². The quantitative estimate of drug-likeness (QED) is 0.252. The zero-order valence-electron chi connectivity index (χ0n) is 23.3. The molecule has 0 aromatic rings. The Labute approximate surface area is 219 Å². The van der Waals surface area contributed by atoms with Crippen LogP contribution < -0.4 is 16.0 Å². The van der Waals surface area contributed by atoms with Crippen LogP contribution in [0.3, 0.4) is 0 Å². The Kier molecular flexibility index (Phi) is 12.1. The van der Waals surface area contributed by atoms with Crippen molar-refractivity contribution in [3.63, 3.8) is 0 Å². The van der Waals surface area contributed by atoms with Gasteiger partial charge in [0.15, 0.2) is 0 Å². The van der Waals surface area contributed by atoms with Gasteiger partial charge in [-0.25, -0.2) is 0 Å². The second-order valence-corrected chi connectivity index (χ2v) is 12.3. The molecule has 3 fully saturated rings. The Morgan fingerprint density at radius 2 is 1.00 bits per heavy atom. The molecule has 6 unspecified atom stereocenters. The van der Waals surface area contributed by atoms with Gasteiger partial charge >= 0.3 is 0 Å². The van der Waals surface area contributed by atoms with Gasteiger partial charge in [-0.05, 0) is 69.1 Å². The molecule has 0 bridgehead atoms. The van der Waals surface area contributed by atoms with Gasteiger partial charge in [-0.1, -0.05) is 72.1 Å². The molecule has 6 atom stereocenters. The Balaban J connectivity index is 1.47. The average Bonchev–Trinajstić information content (AvgIpc) is 2.85. The molecule has 0 spiro atoms. The summed E-state index contributed by atoms with van der Waals surface area (Å²) < 4.78 is 0. The van der Waals surface area contributed by atoms with Crippen molar-refractivity contribution in [1.82, 2.24) is 16.0 Å². The van der Waals surface area contributed by atoms with Gasteiger partial charge in [-0.15, -0.1) is 0 Å². The summed E-state index contributed by atoms with van der Waals surface area (Å²) in [5.74, 6) is 0.825. The van der Waals surface area contributed by atoms with Gasteiger partial charge in [-0.3, -0.25) is 14.4 Å². The van der Waals surface area contributed by atoms with E-state index in [0.717, 1.165) is 64.2 Å². The van der Waals surface area contributed by atoms with Crippen molar-refractivity contribution in [3.05, 3.63) is 0 Å². The van der Waals surface area contributed by atoms with Gasteiger partial charge < -0.3 is 16.0 Å². The predicted molar refractivity (Wildman–Crippen MR) is 145 cm³/mol. The Morgan fingerprint density at radius 1 is 0.583 bits per heavy atom. The minimum Gasteiger partial charge on any atom is -0.353 e. The number of amides is 3. The van der Waals surface area contributed by atoms with Gasteiger partial charge in [0, 0.05) is 24.5 Å². The van der Waals surface area contributed by atoms with Crippen LogP contribution in [0.5, 0.6) is 0 Å². The van der Waals surface area contributed by atoms with Crippen molar-refractivity contribution >= 4 is 17.7 Å². The summed E-state index contributed by atoms with van der Waals surface area (Å²) in [4.78, 5) is 39.1. The summed E-state index contributed by atoms with van der Waals surface area (Å²) in [5, 5.41) is 9.72. The molecular weight excluding hydrogens is 450 g/mol. The molecule has 3 rings (SSSR count). The molecule has 3 aliphatic carbocycles. The fourth-order valence-electron chi connectivity index (χ4n) is 6.63. The van der Waals surface area contributed by atoms with Gasteiger partial charge in [0.1, 0.15) is 5.92 Å². The summed E-state index contributed by atoms with van der Waals surface area (Å²) in [7, 11) is 0. The molecule has 0 saturated heterocycles. The standard InChI is InChI=1S/C30H53N3O3/c1-21-13-7-10-17-25(21)31-28(34)20-6-4-5-16-24(29(35)32-26-18-11-8-14-22(26)2)30(36)33-27-19-12-9-15-23(27)3/h21-27H,4-20H2,1-3H3,(H,31,34)(H,32,35)(H,33,36). The maximum atomic E-state index is 13.3. The Bertz CT molecular complexity index is 676. The van der Waals surface area contributed by atoms with Crippen LogP contribution in [0.4, 0.5) is 0 Å². The highest BCUT2D eigenvalue weighted by Gasteiger charge is 2.33. The highest BCUT2D eigenvalue weighted by atomic mass is 16.2. The first kappa shape index (κ1) is 29.0. The highest BCUT2D eigenvalue weighted by molar-refractivity contribution is 6.00. The average molecular weight is 504 g/mol. The lowest BCUT2D eigenvalue weighted by Crippen LogP contribution is -2.50. The third-order valence-electron chi connectivity index (χ3n) is 9.37. The molecule has 36 heavy (non-hydrogen) atoms. The second-order valence-electron chi connectivity index (χ2n) is 12.3. The number of carbonyl (C=O) groups excluding carboxylic acids is 3. The number of hydrogen-bond acceptors (Lipinski definition) is 3. The first-order chi connectivity index (χ1) is 17.3. The van der Waals surface area contributed by atoms with Crippen LogP contribution in [0.25, 0.3) is 0 Å². The van der Waals surface area contributed by atoms with Gasteiger partial charge in [0.25, 0.3) is 0 Å². The van der Waals surface area contributed by atoms with Crippen LogP contribution in [0.1, 0.15) is 130 Å². The molecule has 6 heteroatoms. The highest BCUT2D eigenvalue weighted by Crippen LogP contribution is 2.27. The SMILES string of the molecule is CC1CCCCC1NC(=O)CCCCCC(C(=O)NC1CCCCC1C)C(=O)NC1CCCCC1C. The van der Waals surface area contributed by atoms with Crippen molar-refractivity contribution in [2.75, 3.05) is 0 Å². The fourth-order valence-corrected chi connectivity index (χ4v) is 6.63. The smallest absolute Gasteiger partial charge is 0.232 e. The normalized spacial score (nSPS) is 31.8. The maximum Gasteiger partial charge on any atom is 0.232 e. The molecule has 0 radical (unpaired) electrons. The van der Waals surface area contributed by atoms with Crippen molar-refractivity contribution < 1.29 is 14.4 Å². The molecule has 6 nitrogen and oxygen atoms in total. The molecule has 3 saturated carbocycles. The summed E-state index contributed by atoms with van der Waals surface area (Å²) >= 11 is 0. The lowest BCUT2D eigenvalue weighted by molar-refractivity contribution is -0.137. The monoisotopic (exact) mass is 503 g/mol. The van der Waals surface area contributed by atoms with E-state index in [1.54, 1.807) is 0 Å². The number of rotatable bonds is 11. The zero-order chi connectivity index (χ0) is 25.9. The van der Waals surface area contributed by atoms with Crippen molar-refractivity contribution in [2.24, 2.45) is 23.7 Å². The van der Waals surface area contributed by atoms with E-state index >= 15 is 0 Å². The van der Waals surface area contributed by atoms with E-state index in [4.69, 9.17) is 0 Å². The van der Waals surface area contributed by atoms with Crippen LogP contribution in [0.2, 0.25) is 0 Å². The Hall–Kier alpha value is -1.59. The van der Waals surface area contributed by atoms with E-state index < -0.39 is 5.92 Å². The second kappa shape index (κ2) is 15.0. The van der Waals surface area contributed by atoms with Crippen molar-refractivity contribution in [3.8, 4) is 0 Å². The lowest BCUT2D eigenvalue weighted by atomic mass is 9.84. The van der Waals surface area contributed by atoms with Crippen LogP contribution in [0.15, 0.2) is 0 Å². The minimum atomic E-state index is -0.634. The molecule has 3 aliphatic rings. The van der Waals surface area contributed by atoms with Crippen LogP contribution in [0, 0.1) is 23.7 Å². The van der Waals surface area contributed by atoms with Crippen LogP contribution >= 0.6 is 0 Å². The summed E-state index contributed by atoms with van der Waals surface area (Å²) in [6, 6.07) is 0.689. The molecule has 3 amide bonds. The summed E-state index contributed by atoms with van der Waals surface area (Å²) in [6.45, 7) is 6.66. The van der Waals surface area contributed by atoms with E-state index in [2.05, 4.69) is 36.7 Å². The summed E-state index contributed by atoms with van der Waals surface area (Å²) in [6.07, 6.45) is 17.4. The Morgan fingerprint density at radius 3 is 1.44 bits per heavy atom. The predicted octanol–water partition coefficient (Wildman–Crippen LogP) is 5.64. The molecule has 0 aromatic heterocycles. The van der Waals surface area contributed by atoms with Crippen LogP contribution in [-0.2, 0) is 14.4 Å². The summed E-state index contributed by atoms with van der Waals surface area (Å²) in [5.41, 5.74) is 0. The maximum absolute atomic E-state index is 13.3.